The van der Waals surface area contributed by atoms with E-state index in [1.165, 1.54) is 25.7 Å². The van der Waals surface area contributed by atoms with E-state index in [1.807, 2.05) is 22.7 Å². The molecule has 1 heterocycles. The lowest BCUT2D eigenvalue weighted by atomic mass is 9.88. The number of nitrogens with two attached hydrogens (primary N) is 1. The van der Waals surface area contributed by atoms with Crippen LogP contribution in [0.5, 0.6) is 0 Å². The van der Waals surface area contributed by atoms with Gasteiger partial charge < -0.3 is 15.2 Å². The minimum absolute atomic E-state index is 0.100. The molecule has 0 spiro atoms. The summed E-state index contributed by atoms with van der Waals surface area (Å²) in [5.74, 6) is 2.59. The van der Waals surface area contributed by atoms with Gasteiger partial charge in [-0.15, -0.1) is 0 Å². The first-order valence-electron chi connectivity index (χ1n) is 8.18. The molecule has 1 aromatic rings. The third kappa shape index (κ3) is 2.68. The minimum atomic E-state index is 0.100. The van der Waals surface area contributed by atoms with Crippen LogP contribution in [0.15, 0.2) is 12.3 Å². The lowest BCUT2D eigenvalue weighted by molar-refractivity contribution is 0.0742. The maximum Gasteiger partial charge on any atom is 0.270 e. The third-order valence-electron chi connectivity index (χ3n) is 5.38. The van der Waals surface area contributed by atoms with E-state index in [0.717, 1.165) is 18.4 Å². The lowest BCUT2D eigenvalue weighted by Gasteiger charge is -2.27. The highest BCUT2D eigenvalue weighted by Gasteiger charge is 2.40. The molecule has 0 aliphatic heterocycles. The van der Waals surface area contributed by atoms with Crippen molar-refractivity contribution in [2.24, 2.45) is 17.8 Å². The van der Waals surface area contributed by atoms with Crippen molar-refractivity contribution in [2.45, 2.75) is 45.6 Å². The van der Waals surface area contributed by atoms with Crippen molar-refractivity contribution in [2.75, 3.05) is 19.3 Å². The fourth-order valence-electron chi connectivity index (χ4n) is 4.33. The summed E-state index contributed by atoms with van der Waals surface area (Å²) in [6.07, 6.45) is 7.35. The number of nitrogens with zero attached hydrogens (tertiary/aromatic N) is 2. The Morgan fingerprint density at radius 2 is 2.19 bits per heavy atom. The van der Waals surface area contributed by atoms with Crippen molar-refractivity contribution >= 4 is 11.6 Å². The first kappa shape index (κ1) is 14.5. The second kappa shape index (κ2) is 5.39. The Morgan fingerprint density at radius 1 is 1.43 bits per heavy atom. The molecule has 21 heavy (non-hydrogen) atoms. The van der Waals surface area contributed by atoms with E-state index >= 15 is 0 Å². The zero-order chi connectivity index (χ0) is 15.1. The number of carbonyl (C=O) groups is 1. The summed E-state index contributed by atoms with van der Waals surface area (Å²) in [7, 11) is 1.93. The number of hydrogen-bond acceptors (Lipinski definition) is 2. The molecule has 3 unspecified atom stereocenters. The third-order valence-corrected chi connectivity index (χ3v) is 5.38. The smallest absolute Gasteiger partial charge is 0.270 e. The summed E-state index contributed by atoms with van der Waals surface area (Å²) < 4.78 is 1.98. The summed E-state index contributed by atoms with van der Waals surface area (Å²) in [5.41, 5.74) is 7.26. The van der Waals surface area contributed by atoms with Gasteiger partial charge in [0.1, 0.15) is 5.69 Å². The molecule has 1 aromatic heterocycles. The van der Waals surface area contributed by atoms with Gasteiger partial charge in [-0.1, -0.05) is 6.42 Å². The summed E-state index contributed by atoms with van der Waals surface area (Å²) in [6, 6.07) is 2.05. The van der Waals surface area contributed by atoms with Crippen molar-refractivity contribution in [1.29, 1.82) is 0 Å². The van der Waals surface area contributed by atoms with Crippen LogP contribution in [0.4, 0.5) is 5.69 Å². The molecule has 2 saturated carbocycles. The van der Waals surface area contributed by atoms with E-state index in [2.05, 4.69) is 13.8 Å². The first-order valence-corrected chi connectivity index (χ1v) is 8.18. The van der Waals surface area contributed by atoms with Gasteiger partial charge in [0, 0.05) is 25.8 Å². The maximum absolute atomic E-state index is 12.7. The van der Waals surface area contributed by atoms with Gasteiger partial charge in [0.25, 0.3) is 5.91 Å². The molecule has 116 valence electrons. The van der Waals surface area contributed by atoms with Crippen LogP contribution in [0.25, 0.3) is 0 Å². The molecule has 2 aliphatic carbocycles. The number of fused-ring (bicyclic) bond motifs is 2. The Hall–Kier alpha value is -1.45. The minimum Gasteiger partial charge on any atom is -0.397 e. The number of anilines is 1. The van der Waals surface area contributed by atoms with Crippen LogP contribution < -0.4 is 5.73 Å². The number of nitrogen functional groups attached to an aromatic ring is 1. The van der Waals surface area contributed by atoms with E-state index < -0.39 is 0 Å². The zero-order valence-electron chi connectivity index (χ0n) is 13.4. The lowest BCUT2D eigenvalue weighted by Crippen LogP contribution is -2.35. The molecular formula is C17H27N3O. The quantitative estimate of drug-likeness (QED) is 0.925. The number of hydrogen-bond donors (Lipinski definition) is 1. The van der Waals surface area contributed by atoms with E-state index in [1.54, 1.807) is 6.07 Å². The Morgan fingerprint density at radius 3 is 2.76 bits per heavy atom. The van der Waals surface area contributed by atoms with Crippen LogP contribution in [0.1, 0.15) is 56.1 Å². The molecular weight excluding hydrogens is 262 g/mol. The van der Waals surface area contributed by atoms with Crippen LogP contribution in [0, 0.1) is 17.8 Å². The largest absolute Gasteiger partial charge is 0.397 e. The second-order valence-electron chi connectivity index (χ2n) is 7.28. The van der Waals surface area contributed by atoms with Crippen LogP contribution in [-0.4, -0.2) is 29.0 Å². The van der Waals surface area contributed by atoms with Crippen molar-refractivity contribution in [3.8, 4) is 0 Å². The number of carbonyl (C=O) groups excluding carboxylic acids is 1. The van der Waals surface area contributed by atoms with Crippen LogP contribution in [0.2, 0.25) is 0 Å². The summed E-state index contributed by atoms with van der Waals surface area (Å²) >= 11 is 0. The van der Waals surface area contributed by atoms with E-state index in [-0.39, 0.29) is 11.9 Å². The van der Waals surface area contributed by atoms with Crippen molar-refractivity contribution in [1.82, 2.24) is 9.47 Å². The molecule has 4 nitrogen and oxygen atoms in total. The molecule has 2 bridgehead atoms. The fraction of sp³-hybridized carbons (Fsp3) is 0.706. The summed E-state index contributed by atoms with van der Waals surface area (Å²) in [5, 5.41) is 0. The van der Waals surface area contributed by atoms with Gasteiger partial charge in [0.15, 0.2) is 0 Å². The van der Waals surface area contributed by atoms with Gasteiger partial charge in [0.05, 0.1) is 5.69 Å². The van der Waals surface area contributed by atoms with Gasteiger partial charge in [-0.3, -0.25) is 4.79 Å². The van der Waals surface area contributed by atoms with Crippen LogP contribution in [0.3, 0.4) is 0 Å². The zero-order valence-corrected chi connectivity index (χ0v) is 13.4. The number of aromatic nitrogens is 1. The molecule has 1 amide bonds. The maximum atomic E-state index is 12.7. The Labute approximate surface area is 127 Å². The molecule has 2 aliphatic rings. The Balaban J connectivity index is 1.70. The second-order valence-corrected chi connectivity index (χ2v) is 7.28. The molecule has 0 aromatic carbocycles. The van der Waals surface area contributed by atoms with Crippen LogP contribution in [-0.2, 0) is 0 Å². The number of rotatable bonds is 4. The van der Waals surface area contributed by atoms with Crippen LogP contribution >= 0.6 is 0 Å². The molecule has 0 saturated heterocycles. The molecule has 2 N–H and O–H groups in total. The number of amides is 1. The van der Waals surface area contributed by atoms with Gasteiger partial charge in [0.2, 0.25) is 0 Å². The molecule has 4 heteroatoms. The normalized spacial score (nSPS) is 27.5. The van der Waals surface area contributed by atoms with Crippen molar-refractivity contribution < 1.29 is 4.79 Å². The van der Waals surface area contributed by atoms with E-state index in [0.29, 0.717) is 17.3 Å². The monoisotopic (exact) mass is 289 g/mol. The van der Waals surface area contributed by atoms with Gasteiger partial charge in [-0.25, -0.2) is 0 Å². The topological polar surface area (TPSA) is 51.3 Å². The first-order chi connectivity index (χ1) is 9.95. The Bertz CT molecular complexity index is 534. The molecule has 0 radical (unpaired) electrons. The average Bonchev–Trinajstić information content (AvgIpc) is 3.12. The highest BCUT2D eigenvalue weighted by Crippen LogP contribution is 2.48. The predicted octanol–water partition coefficient (Wildman–Crippen LogP) is 3.16. The average molecular weight is 289 g/mol. The highest BCUT2D eigenvalue weighted by atomic mass is 16.2. The van der Waals surface area contributed by atoms with Gasteiger partial charge >= 0.3 is 0 Å². The standard InChI is InChI=1S/C17H27N3O/c1-11(2)20-10-15(18)8-16(20)17(21)19(3)9-14-7-12-4-5-13(14)6-12/h8,10-14H,4-7,9,18H2,1-3H3. The Kier molecular flexibility index (Phi) is 3.72. The van der Waals surface area contributed by atoms with E-state index in [9.17, 15) is 4.79 Å². The van der Waals surface area contributed by atoms with E-state index in [4.69, 9.17) is 5.73 Å². The van der Waals surface area contributed by atoms with Gasteiger partial charge in [-0.05, 0) is 56.9 Å². The molecule has 3 rings (SSSR count). The SMILES string of the molecule is CC(C)n1cc(N)cc1C(=O)N(C)CC1CC2CCC1C2. The molecule has 2 fully saturated rings. The van der Waals surface area contributed by atoms with Gasteiger partial charge in [-0.2, -0.15) is 0 Å². The molecule has 3 atom stereocenters. The highest BCUT2D eigenvalue weighted by molar-refractivity contribution is 5.93. The van der Waals surface area contributed by atoms with Crippen molar-refractivity contribution in [3.05, 3.63) is 18.0 Å². The summed E-state index contributed by atoms with van der Waals surface area (Å²) in [6.45, 7) is 5.04. The fourth-order valence-corrected chi connectivity index (χ4v) is 4.33. The predicted molar refractivity (Wildman–Crippen MR) is 85.1 cm³/mol. The summed E-state index contributed by atoms with van der Waals surface area (Å²) in [4.78, 5) is 14.6. The van der Waals surface area contributed by atoms with Crippen molar-refractivity contribution in [3.63, 3.8) is 0 Å².